The Labute approximate surface area is 115 Å². The summed E-state index contributed by atoms with van der Waals surface area (Å²) < 4.78 is 1.05. The van der Waals surface area contributed by atoms with E-state index < -0.39 is 0 Å². The highest BCUT2D eigenvalue weighted by Crippen LogP contribution is 2.26. The Bertz CT molecular complexity index is 537. The van der Waals surface area contributed by atoms with Crippen molar-refractivity contribution >= 4 is 38.8 Å². The maximum atomic E-state index is 5.37. The molecule has 0 radical (unpaired) electrons. The third kappa shape index (κ3) is 2.93. The molecule has 2 aromatic rings. The lowest BCUT2D eigenvalue weighted by molar-refractivity contribution is 1.42. The van der Waals surface area contributed by atoms with Crippen LogP contribution in [0.3, 0.4) is 0 Å². The van der Waals surface area contributed by atoms with Crippen LogP contribution in [-0.4, -0.2) is 4.99 Å². The minimum atomic E-state index is 0.733. The van der Waals surface area contributed by atoms with Gasteiger partial charge in [0.1, 0.15) is 4.99 Å². The largest absolute Gasteiger partial charge is 0.345 e. The van der Waals surface area contributed by atoms with Gasteiger partial charge in [-0.25, -0.2) is 0 Å². The number of rotatable bonds is 2. The lowest BCUT2D eigenvalue weighted by Gasteiger charge is -2.11. The first-order chi connectivity index (χ1) is 8.18. The highest BCUT2D eigenvalue weighted by atomic mass is 79.9. The van der Waals surface area contributed by atoms with Gasteiger partial charge in [0, 0.05) is 10.0 Å². The predicted octanol–water partition coefficient (Wildman–Crippen LogP) is 4.55. The molecule has 0 aliphatic rings. The average molecular weight is 306 g/mol. The summed E-state index contributed by atoms with van der Waals surface area (Å²) in [6.07, 6.45) is 0. The molecule has 0 saturated heterocycles. The lowest BCUT2D eigenvalue weighted by atomic mass is 10.2. The van der Waals surface area contributed by atoms with Gasteiger partial charge in [0.15, 0.2) is 0 Å². The molecule has 0 bridgehead atoms. The summed E-state index contributed by atoms with van der Waals surface area (Å²) >= 11 is 8.93. The fraction of sp³-hybridized carbons (Fsp3) is 0.0714. The monoisotopic (exact) mass is 305 g/mol. The molecule has 2 aromatic carbocycles. The van der Waals surface area contributed by atoms with Crippen molar-refractivity contribution in [2.75, 3.05) is 5.32 Å². The molecule has 0 unspecified atom stereocenters. The molecule has 0 amide bonds. The Kier molecular flexibility index (Phi) is 3.92. The van der Waals surface area contributed by atoms with Crippen molar-refractivity contribution in [1.82, 2.24) is 0 Å². The molecular weight excluding hydrogens is 294 g/mol. The second kappa shape index (κ2) is 5.43. The second-order valence-corrected chi connectivity index (χ2v) is 4.96. The molecule has 1 N–H and O–H groups in total. The van der Waals surface area contributed by atoms with E-state index in [9.17, 15) is 0 Å². The maximum Gasteiger partial charge on any atom is 0.111 e. The Hall–Kier alpha value is -1.19. The SMILES string of the molecule is Cc1cccc(NC(=S)c2ccccc2)c1Br. The number of benzene rings is 2. The standard InChI is InChI=1S/C14H12BrNS/c1-10-6-5-9-12(13(10)15)16-14(17)11-7-3-2-4-8-11/h2-9H,1H3,(H,16,17). The van der Waals surface area contributed by atoms with Gasteiger partial charge in [0.05, 0.1) is 5.69 Å². The van der Waals surface area contributed by atoms with Crippen LogP contribution >= 0.6 is 28.1 Å². The van der Waals surface area contributed by atoms with E-state index in [1.165, 1.54) is 5.56 Å². The number of anilines is 1. The van der Waals surface area contributed by atoms with E-state index in [-0.39, 0.29) is 0 Å². The van der Waals surface area contributed by atoms with Gasteiger partial charge in [-0.2, -0.15) is 0 Å². The van der Waals surface area contributed by atoms with Crippen LogP contribution in [0.5, 0.6) is 0 Å². The molecule has 2 rings (SSSR count). The Balaban J connectivity index is 2.22. The van der Waals surface area contributed by atoms with Crippen molar-refractivity contribution in [1.29, 1.82) is 0 Å². The summed E-state index contributed by atoms with van der Waals surface area (Å²) in [6, 6.07) is 16.0. The molecule has 3 heteroatoms. The minimum absolute atomic E-state index is 0.733. The summed E-state index contributed by atoms with van der Waals surface area (Å²) in [7, 11) is 0. The van der Waals surface area contributed by atoms with E-state index in [0.717, 1.165) is 20.7 Å². The van der Waals surface area contributed by atoms with Gasteiger partial charge in [-0.05, 0) is 34.5 Å². The van der Waals surface area contributed by atoms with E-state index in [4.69, 9.17) is 12.2 Å². The number of thiocarbonyl (C=S) groups is 1. The van der Waals surface area contributed by atoms with E-state index in [1.807, 2.05) is 42.5 Å². The number of aryl methyl sites for hydroxylation is 1. The van der Waals surface area contributed by atoms with Gasteiger partial charge in [0.2, 0.25) is 0 Å². The smallest absolute Gasteiger partial charge is 0.111 e. The first-order valence-electron chi connectivity index (χ1n) is 5.30. The fourth-order valence-electron chi connectivity index (χ4n) is 1.53. The molecule has 0 spiro atoms. The van der Waals surface area contributed by atoms with Crippen LogP contribution in [0.1, 0.15) is 11.1 Å². The van der Waals surface area contributed by atoms with Crippen LogP contribution < -0.4 is 5.32 Å². The minimum Gasteiger partial charge on any atom is -0.345 e. The van der Waals surface area contributed by atoms with E-state index >= 15 is 0 Å². The van der Waals surface area contributed by atoms with E-state index in [0.29, 0.717) is 0 Å². The predicted molar refractivity (Wildman–Crippen MR) is 80.6 cm³/mol. The first kappa shape index (κ1) is 12.3. The van der Waals surface area contributed by atoms with Crippen molar-refractivity contribution in [2.45, 2.75) is 6.92 Å². The van der Waals surface area contributed by atoms with Crippen molar-refractivity contribution in [3.8, 4) is 0 Å². The molecule has 1 nitrogen and oxygen atoms in total. The average Bonchev–Trinajstić information content (AvgIpc) is 2.36. The van der Waals surface area contributed by atoms with Crippen LogP contribution in [0.4, 0.5) is 5.69 Å². The van der Waals surface area contributed by atoms with Gasteiger partial charge in [-0.3, -0.25) is 0 Å². The molecule has 86 valence electrons. The molecule has 0 aromatic heterocycles. The number of halogens is 1. The Morgan fingerprint density at radius 3 is 2.47 bits per heavy atom. The lowest BCUT2D eigenvalue weighted by Crippen LogP contribution is -2.10. The number of hydrogen-bond donors (Lipinski definition) is 1. The molecule has 0 aliphatic carbocycles. The third-order valence-electron chi connectivity index (χ3n) is 2.48. The first-order valence-corrected chi connectivity index (χ1v) is 6.50. The topological polar surface area (TPSA) is 12.0 Å². The van der Waals surface area contributed by atoms with E-state index in [2.05, 4.69) is 34.2 Å². The van der Waals surface area contributed by atoms with Gasteiger partial charge in [0.25, 0.3) is 0 Å². The summed E-state index contributed by atoms with van der Waals surface area (Å²) in [5, 5.41) is 3.25. The molecule has 17 heavy (non-hydrogen) atoms. The molecule has 0 heterocycles. The molecule has 0 aliphatic heterocycles. The van der Waals surface area contributed by atoms with Crippen LogP contribution in [0, 0.1) is 6.92 Å². The Morgan fingerprint density at radius 2 is 1.76 bits per heavy atom. The zero-order valence-electron chi connectivity index (χ0n) is 9.41. The summed E-state index contributed by atoms with van der Waals surface area (Å²) in [5.41, 5.74) is 3.21. The van der Waals surface area contributed by atoms with Crippen molar-refractivity contribution in [3.63, 3.8) is 0 Å². The molecular formula is C14H12BrNS. The van der Waals surface area contributed by atoms with Crippen LogP contribution in [-0.2, 0) is 0 Å². The van der Waals surface area contributed by atoms with Crippen LogP contribution in [0.25, 0.3) is 0 Å². The maximum absolute atomic E-state index is 5.37. The van der Waals surface area contributed by atoms with E-state index in [1.54, 1.807) is 0 Å². The van der Waals surface area contributed by atoms with Crippen molar-refractivity contribution < 1.29 is 0 Å². The number of nitrogens with one attached hydrogen (secondary N) is 1. The van der Waals surface area contributed by atoms with Crippen molar-refractivity contribution in [2.24, 2.45) is 0 Å². The van der Waals surface area contributed by atoms with Gasteiger partial charge in [-0.1, -0.05) is 54.7 Å². The summed E-state index contributed by atoms with van der Waals surface area (Å²) in [6.45, 7) is 2.06. The van der Waals surface area contributed by atoms with Crippen LogP contribution in [0.15, 0.2) is 53.0 Å². The normalized spacial score (nSPS) is 10.0. The summed E-state index contributed by atoms with van der Waals surface area (Å²) in [5.74, 6) is 0. The van der Waals surface area contributed by atoms with Gasteiger partial charge in [-0.15, -0.1) is 0 Å². The third-order valence-corrected chi connectivity index (χ3v) is 3.87. The van der Waals surface area contributed by atoms with Gasteiger partial charge >= 0.3 is 0 Å². The second-order valence-electron chi connectivity index (χ2n) is 3.76. The molecule has 0 saturated carbocycles. The van der Waals surface area contributed by atoms with Gasteiger partial charge < -0.3 is 5.32 Å². The van der Waals surface area contributed by atoms with Crippen LogP contribution in [0.2, 0.25) is 0 Å². The molecule has 0 fully saturated rings. The quantitative estimate of drug-likeness (QED) is 0.817. The van der Waals surface area contributed by atoms with Crippen molar-refractivity contribution in [3.05, 3.63) is 64.1 Å². The zero-order chi connectivity index (χ0) is 12.3. The highest BCUT2D eigenvalue weighted by Gasteiger charge is 2.05. The fourth-order valence-corrected chi connectivity index (χ4v) is 2.14. The highest BCUT2D eigenvalue weighted by molar-refractivity contribution is 9.10. The summed E-state index contributed by atoms with van der Waals surface area (Å²) in [4.78, 5) is 0.733. The number of hydrogen-bond acceptors (Lipinski definition) is 1. The molecule has 0 atom stereocenters. The zero-order valence-corrected chi connectivity index (χ0v) is 11.8. The Morgan fingerprint density at radius 1 is 1.06 bits per heavy atom.